The van der Waals surface area contributed by atoms with Crippen molar-refractivity contribution in [1.82, 2.24) is 0 Å². The van der Waals surface area contributed by atoms with Gasteiger partial charge in [0.1, 0.15) is 12.3 Å². The topological polar surface area (TPSA) is 83.9 Å². The lowest BCUT2D eigenvalue weighted by atomic mass is 10.3. The molecular weight excluding hydrogens is 377 g/mol. The number of aliphatic carboxylic acids is 1. The number of nitrogens with zero attached hydrogens (tertiary/aromatic N) is 1. The lowest BCUT2D eigenvalue weighted by Gasteiger charge is -2.23. The Kier molecular flexibility index (Phi) is 5.58. The summed E-state index contributed by atoms with van der Waals surface area (Å²) in [5.74, 6) is -0.986. The normalized spacial score (nSPS) is 11.1. The van der Waals surface area contributed by atoms with E-state index in [1.807, 2.05) is 0 Å². The number of carboxylic acid groups (broad SMARTS) is 1. The summed E-state index contributed by atoms with van der Waals surface area (Å²) < 4.78 is 31.4. The van der Waals surface area contributed by atoms with E-state index in [2.05, 4.69) is 0 Å². The molecular formula is C15H13Cl2NO5S. The van der Waals surface area contributed by atoms with Crippen LogP contribution >= 0.6 is 23.2 Å². The average Bonchev–Trinajstić information content (AvgIpc) is 2.53. The van der Waals surface area contributed by atoms with Crippen LogP contribution in [0.5, 0.6) is 5.75 Å². The second-order valence-electron chi connectivity index (χ2n) is 4.68. The third-order valence-corrected chi connectivity index (χ3v) is 5.42. The van der Waals surface area contributed by atoms with Crippen molar-refractivity contribution in [2.45, 2.75) is 4.90 Å². The molecule has 0 fully saturated rings. The van der Waals surface area contributed by atoms with Crippen LogP contribution in [0.1, 0.15) is 0 Å². The molecule has 0 heterocycles. The van der Waals surface area contributed by atoms with Crippen LogP contribution in [0.15, 0.2) is 47.4 Å². The van der Waals surface area contributed by atoms with Gasteiger partial charge in [0.2, 0.25) is 0 Å². The summed E-state index contributed by atoms with van der Waals surface area (Å²) >= 11 is 11.8. The number of methoxy groups -OCH3 is 1. The zero-order valence-electron chi connectivity index (χ0n) is 12.4. The van der Waals surface area contributed by atoms with Crippen LogP contribution in [0.3, 0.4) is 0 Å². The Morgan fingerprint density at radius 2 is 1.79 bits per heavy atom. The number of ether oxygens (including phenoxy) is 1. The Hall–Kier alpha value is -1.96. The third-order valence-electron chi connectivity index (χ3n) is 3.10. The molecule has 0 aromatic heterocycles. The van der Waals surface area contributed by atoms with E-state index in [0.717, 1.165) is 4.31 Å². The quantitative estimate of drug-likeness (QED) is 0.819. The molecule has 9 heteroatoms. The maximum absolute atomic E-state index is 12.8. The van der Waals surface area contributed by atoms with Crippen molar-refractivity contribution in [2.75, 3.05) is 18.0 Å². The second kappa shape index (κ2) is 7.29. The van der Waals surface area contributed by atoms with Gasteiger partial charge in [0.15, 0.2) is 0 Å². The molecule has 1 N–H and O–H groups in total. The Morgan fingerprint density at radius 3 is 2.29 bits per heavy atom. The van der Waals surface area contributed by atoms with Gasteiger partial charge in [0.05, 0.1) is 22.7 Å². The lowest BCUT2D eigenvalue weighted by Crippen LogP contribution is -2.35. The molecule has 128 valence electrons. The first-order valence-electron chi connectivity index (χ1n) is 6.59. The smallest absolute Gasteiger partial charge is 0.324 e. The van der Waals surface area contributed by atoms with Crippen molar-refractivity contribution >= 4 is 44.9 Å². The summed E-state index contributed by atoms with van der Waals surface area (Å²) in [7, 11) is -2.74. The van der Waals surface area contributed by atoms with Crippen LogP contribution in [0.4, 0.5) is 5.69 Å². The van der Waals surface area contributed by atoms with E-state index in [0.29, 0.717) is 10.8 Å². The molecule has 0 unspecified atom stereocenters. The lowest BCUT2D eigenvalue weighted by molar-refractivity contribution is -0.135. The van der Waals surface area contributed by atoms with Gasteiger partial charge < -0.3 is 9.84 Å². The van der Waals surface area contributed by atoms with E-state index in [1.54, 1.807) is 0 Å². The number of carbonyl (C=O) groups is 1. The molecule has 0 aliphatic heterocycles. The van der Waals surface area contributed by atoms with Crippen LogP contribution in [-0.4, -0.2) is 33.1 Å². The monoisotopic (exact) mass is 389 g/mol. The van der Waals surface area contributed by atoms with Crippen molar-refractivity contribution in [3.05, 3.63) is 52.5 Å². The van der Waals surface area contributed by atoms with Crippen molar-refractivity contribution in [1.29, 1.82) is 0 Å². The maximum Gasteiger partial charge on any atom is 0.324 e. The number of carboxylic acids is 1. The number of benzene rings is 2. The predicted octanol–water partition coefficient (Wildman–Crippen LogP) is 3.28. The largest absolute Gasteiger partial charge is 0.495 e. The summed E-state index contributed by atoms with van der Waals surface area (Å²) in [6.07, 6.45) is 0. The van der Waals surface area contributed by atoms with Crippen LogP contribution in [-0.2, 0) is 14.8 Å². The van der Waals surface area contributed by atoms with Gasteiger partial charge in [0, 0.05) is 5.02 Å². The van der Waals surface area contributed by atoms with Gasteiger partial charge >= 0.3 is 5.97 Å². The summed E-state index contributed by atoms with van der Waals surface area (Å²) in [5.41, 5.74) is 0.175. The van der Waals surface area contributed by atoms with E-state index in [1.165, 1.54) is 49.6 Å². The minimum atomic E-state index is -4.14. The third kappa shape index (κ3) is 3.92. The van der Waals surface area contributed by atoms with Crippen molar-refractivity contribution in [3.63, 3.8) is 0 Å². The molecule has 0 radical (unpaired) electrons. The average molecular weight is 390 g/mol. The van der Waals surface area contributed by atoms with E-state index in [4.69, 9.17) is 33.0 Å². The summed E-state index contributed by atoms with van der Waals surface area (Å²) in [6.45, 7) is -0.742. The van der Waals surface area contributed by atoms with Crippen molar-refractivity contribution in [3.8, 4) is 5.75 Å². The number of hydrogen-bond donors (Lipinski definition) is 1. The highest BCUT2D eigenvalue weighted by Crippen LogP contribution is 2.30. The number of anilines is 1. The van der Waals surface area contributed by atoms with Gasteiger partial charge in [-0.2, -0.15) is 0 Å². The molecule has 2 aromatic rings. The molecule has 0 aliphatic rings. The zero-order chi connectivity index (χ0) is 17.9. The van der Waals surface area contributed by atoms with Crippen LogP contribution in [0.25, 0.3) is 0 Å². The first-order chi connectivity index (χ1) is 11.3. The van der Waals surface area contributed by atoms with Gasteiger partial charge in [-0.15, -0.1) is 0 Å². The molecule has 0 saturated carbocycles. The van der Waals surface area contributed by atoms with Gasteiger partial charge in [0.25, 0.3) is 10.0 Å². The molecule has 0 aliphatic carbocycles. The molecule has 2 aromatic carbocycles. The Bertz CT molecular complexity index is 853. The first kappa shape index (κ1) is 18.4. The fraction of sp³-hybridized carbons (Fsp3) is 0.133. The van der Waals surface area contributed by atoms with Crippen LogP contribution < -0.4 is 9.04 Å². The number of sulfonamides is 1. The van der Waals surface area contributed by atoms with E-state index in [9.17, 15) is 13.2 Å². The highest BCUT2D eigenvalue weighted by molar-refractivity contribution is 7.92. The number of hydrogen-bond acceptors (Lipinski definition) is 4. The van der Waals surface area contributed by atoms with Crippen molar-refractivity contribution < 1.29 is 23.1 Å². The molecule has 0 amide bonds. The van der Waals surface area contributed by atoms with Gasteiger partial charge in [-0.05, 0) is 42.5 Å². The SMILES string of the molecule is COc1ccc(S(=O)(=O)N(CC(=O)O)c2ccc(Cl)cc2)cc1Cl. The van der Waals surface area contributed by atoms with Crippen molar-refractivity contribution in [2.24, 2.45) is 0 Å². The predicted molar refractivity (Wildman–Crippen MR) is 91.6 cm³/mol. The molecule has 2 rings (SSSR count). The minimum absolute atomic E-state index is 0.102. The van der Waals surface area contributed by atoms with Gasteiger partial charge in [-0.1, -0.05) is 23.2 Å². The first-order valence-corrected chi connectivity index (χ1v) is 8.79. The highest BCUT2D eigenvalue weighted by Gasteiger charge is 2.27. The summed E-state index contributed by atoms with van der Waals surface area (Å²) in [4.78, 5) is 11.0. The Morgan fingerprint density at radius 1 is 1.17 bits per heavy atom. The Balaban J connectivity index is 2.53. The van der Waals surface area contributed by atoms with Gasteiger partial charge in [-0.25, -0.2) is 8.42 Å². The minimum Gasteiger partial charge on any atom is -0.495 e. The van der Waals surface area contributed by atoms with Gasteiger partial charge in [-0.3, -0.25) is 9.10 Å². The molecule has 0 spiro atoms. The molecule has 6 nitrogen and oxygen atoms in total. The maximum atomic E-state index is 12.8. The highest BCUT2D eigenvalue weighted by atomic mass is 35.5. The molecule has 24 heavy (non-hydrogen) atoms. The second-order valence-corrected chi connectivity index (χ2v) is 7.38. The van der Waals surface area contributed by atoms with Crippen LogP contribution in [0.2, 0.25) is 10.0 Å². The molecule has 0 bridgehead atoms. The summed E-state index contributed by atoms with van der Waals surface area (Å²) in [6, 6.07) is 9.70. The zero-order valence-corrected chi connectivity index (χ0v) is 14.8. The number of rotatable bonds is 6. The molecule has 0 atom stereocenters. The van der Waals surface area contributed by atoms with E-state index >= 15 is 0 Å². The summed E-state index contributed by atoms with van der Waals surface area (Å²) in [5, 5.41) is 9.57. The number of halogens is 2. The Labute approximate surface area is 149 Å². The molecule has 0 saturated heterocycles. The fourth-order valence-electron chi connectivity index (χ4n) is 1.98. The standard InChI is InChI=1S/C15H13Cl2NO5S/c1-23-14-7-6-12(8-13(14)17)24(21,22)18(9-15(19)20)11-4-2-10(16)3-5-11/h2-8H,9H2,1H3,(H,19,20). The van der Waals surface area contributed by atoms with E-state index in [-0.39, 0.29) is 15.6 Å². The fourth-order valence-corrected chi connectivity index (χ4v) is 3.87. The van der Waals surface area contributed by atoms with Crippen LogP contribution in [0, 0.1) is 0 Å². The van der Waals surface area contributed by atoms with E-state index < -0.39 is 22.5 Å².